The van der Waals surface area contributed by atoms with E-state index in [2.05, 4.69) is 15.7 Å². The van der Waals surface area contributed by atoms with E-state index in [0.717, 1.165) is 0 Å². The highest BCUT2D eigenvalue weighted by Crippen LogP contribution is 2.30. The number of carbonyl (C=O) groups is 2. The number of nitrogens with one attached hydrogen (secondary N) is 2. The van der Waals surface area contributed by atoms with E-state index in [1.165, 1.54) is 36.3 Å². The van der Waals surface area contributed by atoms with Crippen molar-refractivity contribution in [2.24, 2.45) is 7.05 Å². The number of anilines is 2. The summed E-state index contributed by atoms with van der Waals surface area (Å²) < 4.78 is 11.8. The van der Waals surface area contributed by atoms with Gasteiger partial charge in [0.05, 0.1) is 19.1 Å². The van der Waals surface area contributed by atoms with Crippen LogP contribution in [-0.2, 0) is 7.05 Å². The third kappa shape index (κ3) is 4.09. The van der Waals surface area contributed by atoms with Crippen molar-refractivity contribution in [1.82, 2.24) is 9.78 Å². The van der Waals surface area contributed by atoms with E-state index in [9.17, 15) is 9.59 Å². The van der Waals surface area contributed by atoms with Crippen molar-refractivity contribution in [3.05, 3.63) is 52.3 Å². The van der Waals surface area contributed by atoms with Gasteiger partial charge in [-0.3, -0.25) is 14.3 Å². The normalized spacial score (nSPS) is 10.3. The lowest BCUT2D eigenvalue weighted by molar-refractivity contribution is 0.101. The van der Waals surface area contributed by atoms with Crippen LogP contribution in [0.15, 0.2) is 41.8 Å². The molecular weight excluding hydrogens is 368 g/mol. The number of nitrogens with zero attached hydrogens (tertiary/aromatic N) is 2. The highest BCUT2D eigenvalue weighted by atomic mass is 32.1. The molecule has 0 spiro atoms. The van der Waals surface area contributed by atoms with Gasteiger partial charge in [-0.05, 0) is 23.6 Å². The van der Waals surface area contributed by atoms with Crippen LogP contribution in [0.5, 0.6) is 11.5 Å². The molecule has 2 heterocycles. The number of thiophene rings is 1. The Morgan fingerprint density at radius 1 is 1.04 bits per heavy atom. The second-order valence-electron chi connectivity index (χ2n) is 5.49. The van der Waals surface area contributed by atoms with E-state index in [1.54, 1.807) is 37.4 Å². The molecule has 1 aromatic carbocycles. The average Bonchev–Trinajstić information content (AvgIpc) is 3.32. The number of amides is 2. The average molecular weight is 386 g/mol. The standard InChI is InChI=1S/C18H18N4O4S/c1-22-16(20-18(24)15-5-4-8-27-15)10-12(21-22)17(23)19-11-6-7-13(25-2)14(9-11)26-3/h4-10H,1-3H3,(H,19,23)(H,20,24). The summed E-state index contributed by atoms with van der Waals surface area (Å²) in [6, 6.07) is 10.1. The molecule has 0 bridgehead atoms. The van der Waals surface area contributed by atoms with Gasteiger partial charge in [-0.1, -0.05) is 6.07 Å². The van der Waals surface area contributed by atoms with E-state index >= 15 is 0 Å². The second kappa shape index (κ2) is 7.92. The van der Waals surface area contributed by atoms with Gasteiger partial charge >= 0.3 is 0 Å². The van der Waals surface area contributed by atoms with Gasteiger partial charge in [-0.2, -0.15) is 5.10 Å². The molecule has 0 radical (unpaired) electrons. The van der Waals surface area contributed by atoms with Gasteiger partial charge in [0.2, 0.25) is 0 Å². The van der Waals surface area contributed by atoms with Crippen LogP contribution in [0.4, 0.5) is 11.5 Å². The van der Waals surface area contributed by atoms with Crippen LogP contribution in [0.1, 0.15) is 20.2 Å². The van der Waals surface area contributed by atoms with Gasteiger partial charge in [0, 0.05) is 24.9 Å². The Morgan fingerprint density at radius 2 is 1.81 bits per heavy atom. The fraction of sp³-hybridized carbons (Fsp3) is 0.167. The second-order valence-corrected chi connectivity index (χ2v) is 6.44. The van der Waals surface area contributed by atoms with E-state index in [1.807, 2.05) is 5.38 Å². The Hall–Kier alpha value is -3.33. The molecule has 27 heavy (non-hydrogen) atoms. The van der Waals surface area contributed by atoms with Crippen molar-refractivity contribution in [3.63, 3.8) is 0 Å². The zero-order valence-electron chi connectivity index (χ0n) is 15.0. The molecule has 0 aliphatic carbocycles. The van der Waals surface area contributed by atoms with E-state index in [0.29, 0.717) is 27.9 Å². The summed E-state index contributed by atoms with van der Waals surface area (Å²) in [4.78, 5) is 25.2. The minimum absolute atomic E-state index is 0.175. The molecule has 0 saturated heterocycles. The quantitative estimate of drug-likeness (QED) is 0.679. The maximum atomic E-state index is 12.5. The van der Waals surface area contributed by atoms with E-state index < -0.39 is 5.91 Å². The maximum absolute atomic E-state index is 12.5. The molecule has 2 amide bonds. The molecule has 2 N–H and O–H groups in total. The van der Waals surface area contributed by atoms with E-state index in [-0.39, 0.29) is 11.6 Å². The van der Waals surface area contributed by atoms with Crippen molar-refractivity contribution in [2.75, 3.05) is 24.9 Å². The first kappa shape index (κ1) is 18.5. The lowest BCUT2D eigenvalue weighted by atomic mass is 10.2. The van der Waals surface area contributed by atoms with Crippen LogP contribution in [0.3, 0.4) is 0 Å². The molecule has 2 aromatic heterocycles. The third-order valence-electron chi connectivity index (χ3n) is 3.74. The van der Waals surface area contributed by atoms with Gasteiger partial charge < -0.3 is 20.1 Å². The number of benzene rings is 1. The Bertz CT molecular complexity index is 966. The molecule has 3 rings (SSSR count). The SMILES string of the molecule is COc1ccc(NC(=O)c2cc(NC(=O)c3cccs3)n(C)n2)cc1OC. The number of methoxy groups -OCH3 is 2. The number of hydrogen-bond acceptors (Lipinski definition) is 6. The van der Waals surface area contributed by atoms with Crippen LogP contribution in [-0.4, -0.2) is 35.8 Å². The number of carbonyl (C=O) groups excluding carboxylic acids is 2. The summed E-state index contributed by atoms with van der Waals surface area (Å²) in [6.45, 7) is 0. The van der Waals surface area contributed by atoms with Crippen molar-refractivity contribution >= 4 is 34.7 Å². The molecule has 0 fully saturated rings. The van der Waals surface area contributed by atoms with Gasteiger partial charge in [0.25, 0.3) is 11.8 Å². The Labute approximate surface area is 159 Å². The topological polar surface area (TPSA) is 94.5 Å². The Morgan fingerprint density at radius 3 is 2.48 bits per heavy atom. The highest BCUT2D eigenvalue weighted by Gasteiger charge is 2.16. The summed E-state index contributed by atoms with van der Waals surface area (Å²) >= 11 is 1.33. The number of aromatic nitrogens is 2. The fourth-order valence-electron chi connectivity index (χ4n) is 2.39. The van der Waals surface area contributed by atoms with Crippen LogP contribution in [0.2, 0.25) is 0 Å². The molecule has 3 aromatic rings. The third-order valence-corrected chi connectivity index (χ3v) is 4.61. The van der Waals surface area contributed by atoms with Gasteiger partial charge in [-0.25, -0.2) is 0 Å². The summed E-state index contributed by atoms with van der Waals surface area (Å²) in [6.07, 6.45) is 0. The highest BCUT2D eigenvalue weighted by molar-refractivity contribution is 7.12. The lowest BCUT2D eigenvalue weighted by Gasteiger charge is -2.09. The first-order chi connectivity index (χ1) is 13.0. The Balaban J connectivity index is 1.73. The summed E-state index contributed by atoms with van der Waals surface area (Å²) in [5.41, 5.74) is 0.709. The van der Waals surface area contributed by atoms with Crippen molar-refractivity contribution < 1.29 is 19.1 Å². The predicted molar refractivity (Wildman–Crippen MR) is 103 cm³/mol. The first-order valence-electron chi connectivity index (χ1n) is 7.94. The van der Waals surface area contributed by atoms with Gasteiger partial charge in [0.15, 0.2) is 17.2 Å². The van der Waals surface area contributed by atoms with E-state index in [4.69, 9.17) is 9.47 Å². The molecule has 0 atom stereocenters. The molecule has 0 aliphatic heterocycles. The van der Waals surface area contributed by atoms with Crippen molar-refractivity contribution in [1.29, 1.82) is 0 Å². The lowest BCUT2D eigenvalue weighted by Crippen LogP contribution is -2.13. The molecule has 0 unspecified atom stereocenters. The zero-order valence-corrected chi connectivity index (χ0v) is 15.8. The predicted octanol–water partition coefficient (Wildman–Crippen LogP) is 3.00. The summed E-state index contributed by atoms with van der Waals surface area (Å²) in [5, 5.41) is 11.5. The molecule has 140 valence electrons. The smallest absolute Gasteiger partial charge is 0.276 e. The van der Waals surface area contributed by atoms with Crippen LogP contribution >= 0.6 is 11.3 Å². The van der Waals surface area contributed by atoms with Crippen LogP contribution in [0.25, 0.3) is 0 Å². The van der Waals surface area contributed by atoms with Crippen molar-refractivity contribution in [2.45, 2.75) is 0 Å². The number of ether oxygens (including phenoxy) is 2. The summed E-state index contributed by atoms with van der Waals surface area (Å²) in [5.74, 6) is 0.826. The van der Waals surface area contributed by atoms with Crippen LogP contribution in [0, 0.1) is 0 Å². The largest absolute Gasteiger partial charge is 0.493 e. The number of hydrogen-bond donors (Lipinski definition) is 2. The maximum Gasteiger partial charge on any atom is 0.276 e. The zero-order chi connectivity index (χ0) is 19.4. The molecule has 0 aliphatic rings. The number of aryl methyl sites for hydroxylation is 1. The number of rotatable bonds is 6. The summed E-state index contributed by atoms with van der Waals surface area (Å²) in [7, 11) is 4.71. The first-order valence-corrected chi connectivity index (χ1v) is 8.82. The minimum Gasteiger partial charge on any atom is -0.493 e. The molecule has 9 heteroatoms. The molecule has 0 saturated carbocycles. The Kier molecular flexibility index (Phi) is 5.41. The van der Waals surface area contributed by atoms with Crippen LogP contribution < -0.4 is 20.1 Å². The van der Waals surface area contributed by atoms with Gasteiger partial charge in [0.1, 0.15) is 5.82 Å². The molecular formula is C18H18N4O4S. The molecule has 8 nitrogen and oxygen atoms in total. The van der Waals surface area contributed by atoms with Gasteiger partial charge in [-0.15, -0.1) is 11.3 Å². The van der Waals surface area contributed by atoms with Crippen molar-refractivity contribution in [3.8, 4) is 11.5 Å². The fourth-order valence-corrected chi connectivity index (χ4v) is 3.01. The minimum atomic E-state index is -0.408. The monoisotopic (exact) mass is 386 g/mol.